The van der Waals surface area contributed by atoms with Gasteiger partial charge in [0, 0.05) is 33.9 Å². The van der Waals surface area contributed by atoms with Crippen LogP contribution < -0.4 is 5.32 Å². The second-order valence-electron chi connectivity index (χ2n) is 3.94. The molecular weight excluding hydrogens is 224 g/mol. The number of hydrogen-bond donors (Lipinski definition) is 1. The van der Waals surface area contributed by atoms with Gasteiger partial charge in [-0.15, -0.1) is 0 Å². The number of ether oxygens (including phenoxy) is 3. The lowest BCUT2D eigenvalue weighted by Gasteiger charge is -2.27. The molecule has 1 amide bonds. The minimum absolute atomic E-state index is 0.0162. The van der Waals surface area contributed by atoms with Crippen molar-refractivity contribution in [1.29, 1.82) is 0 Å². The van der Waals surface area contributed by atoms with Crippen LogP contribution in [-0.2, 0) is 19.0 Å². The molecule has 1 saturated heterocycles. The fourth-order valence-corrected chi connectivity index (χ4v) is 1.66. The van der Waals surface area contributed by atoms with Gasteiger partial charge in [-0.2, -0.15) is 0 Å². The summed E-state index contributed by atoms with van der Waals surface area (Å²) in [5.74, 6) is 0.112. The Kier molecular flexibility index (Phi) is 7.11. The number of nitrogens with one attached hydrogen (secondary N) is 1. The fraction of sp³-hybridized carbons (Fsp3) is 0.909. The van der Waals surface area contributed by atoms with Crippen molar-refractivity contribution in [3.05, 3.63) is 0 Å². The van der Waals surface area contributed by atoms with Crippen LogP contribution in [0.2, 0.25) is 0 Å². The Morgan fingerprint density at radius 2 is 2.12 bits per heavy atom. The van der Waals surface area contributed by atoms with Crippen LogP contribution in [0.4, 0.5) is 0 Å². The van der Waals surface area contributed by atoms with Crippen molar-refractivity contribution < 1.29 is 19.0 Å². The van der Waals surface area contributed by atoms with E-state index in [0.29, 0.717) is 46.0 Å². The molecule has 1 unspecified atom stereocenters. The van der Waals surface area contributed by atoms with E-state index < -0.39 is 0 Å². The second kappa shape index (κ2) is 8.41. The third-order valence-electron chi connectivity index (χ3n) is 2.70. The number of amides is 1. The minimum Gasteiger partial charge on any atom is -0.382 e. The van der Waals surface area contributed by atoms with Crippen LogP contribution in [0.15, 0.2) is 0 Å². The summed E-state index contributed by atoms with van der Waals surface area (Å²) in [5, 5.41) is 3.08. The van der Waals surface area contributed by atoms with E-state index >= 15 is 0 Å². The van der Waals surface area contributed by atoms with Crippen LogP contribution >= 0.6 is 0 Å². The van der Waals surface area contributed by atoms with Gasteiger partial charge in [0.05, 0.1) is 32.5 Å². The standard InChI is InChI=1S/C11H22N2O4/c1-15-9-10(16-2)7-12-8-11(14)13-3-5-17-6-4-13/h10,12H,3-9H2,1-2H3. The Hall–Kier alpha value is -0.690. The summed E-state index contributed by atoms with van der Waals surface area (Å²) >= 11 is 0. The molecule has 1 aliphatic heterocycles. The van der Waals surface area contributed by atoms with Gasteiger partial charge in [0.1, 0.15) is 0 Å². The highest BCUT2D eigenvalue weighted by molar-refractivity contribution is 5.78. The molecule has 0 radical (unpaired) electrons. The number of methoxy groups -OCH3 is 2. The smallest absolute Gasteiger partial charge is 0.236 e. The molecule has 0 saturated carbocycles. The molecule has 0 aliphatic carbocycles. The Labute approximate surface area is 102 Å². The SMILES string of the molecule is COCC(CNCC(=O)N1CCOCC1)OC. The van der Waals surface area contributed by atoms with Crippen LogP contribution in [0.5, 0.6) is 0 Å². The van der Waals surface area contributed by atoms with Crippen molar-refractivity contribution in [3.63, 3.8) is 0 Å². The van der Waals surface area contributed by atoms with Gasteiger partial charge in [0.15, 0.2) is 0 Å². The van der Waals surface area contributed by atoms with Crippen LogP contribution in [0.1, 0.15) is 0 Å². The first-order chi connectivity index (χ1) is 8.27. The summed E-state index contributed by atoms with van der Waals surface area (Å²) in [5.41, 5.74) is 0. The number of carbonyl (C=O) groups excluding carboxylic acids is 1. The topological polar surface area (TPSA) is 60.0 Å². The average molecular weight is 246 g/mol. The first-order valence-electron chi connectivity index (χ1n) is 5.86. The molecule has 6 nitrogen and oxygen atoms in total. The van der Waals surface area contributed by atoms with E-state index in [1.54, 1.807) is 14.2 Å². The van der Waals surface area contributed by atoms with Gasteiger partial charge in [0.25, 0.3) is 0 Å². The number of nitrogens with zero attached hydrogens (tertiary/aromatic N) is 1. The second-order valence-corrected chi connectivity index (χ2v) is 3.94. The van der Waals surface area contributed by atoms with Crippen LogP contribution in [0.3, 0.4) is 0 Å². The van der Waals surface area contributed by atoms with Crippen molar-refractivity contribution in [2.45, 2.75) is 6.10 Å². The van der Waals surface area contributed by atoms with Crippen molar-refractivity contribution in [2.75, 3.05) is 60.2 Å². The summed E-state index contributed by atoms with van der Waals surface area (Å²) in [6.45, 7) is 4.12. The van der Waals surface area contributed by atoms with Crippen LogP contribution in [0.25, 0.3) is 0 Å². The molecule has 1 rings (SSSR count). The van der Waals surface area contributed by atoms with Gasteiger partial charge in [-0.3, -0.25) is 4.79 Å². The summed E-state index contributed by atoms with van der Waals surface area (Å²) in [6.07, 6.45) is -0.0162. The first-order valence-corrected chi connectivity index (χ1v) is 5.86. The molecule has 17 heavy (non-hydrogen) atoms. The Morgan fingerprint density at radius 1 is 1.41 bits per heavy atom. The van der Waals surface area contributed by atoms with Gasteiger partial charge in [-0.05, 0) is 0 Å². The van der Waals surface area contributed by atoms with Gasteiger partial charge < -0.3 is 24.4 Å². The van der Waals surface area contributed by atoms with E-state index in [4.69, 9.17) is 14.2 Å². The highest BCUT2D eigenvalue weighted by atomic mass is 16.5. The van der Waals surface area contributed by atoms with Crippen molar-refractivity contribution in [1.82, 2.24) is 10.2 Å². The molecule has 1 heterocycles. The molecule has 0 spiro atoms. The Bertz CT molecular complexity index is 220. The third-order valence-corrected chi connectivity index (χ3v) is 2.70. The van der Waals surface area contributed by atoms with Crippen molar-refractivity contribution >= 4 is 5.91 Å². The largest absolute Gasteiger partial charge is 0.382 e. The maximum atomic E-state index is 11.8. The quantitative estimate of drug-likeness (QED) is 0.630. The molecule has 0 aromatic carbocycles. The predicted octanol–water partition coefficient (Wildman–Crippen LogP) is -0.904. The highest BCUT2D eigenvalue weighted by Crippen LogP contribution is 1.96. The molecule has 6 heteroatoms. The molecule has 1 fully saturated rings. The summed E-state index contributed by atoms with van der Waals surface area (Å²) < 4.78 is 15.4. The lowest BCUT2D eigenvalue weighted by molar-refractivity contribution is -0.134. The summed E-state index contributed by atoms with van der Waals surface area (Å²) in [4.78, 5) is 13.6. The summed E-state index contributed by atoms with van der Waals surface area (Å²) in [6, 6.07) is 0. The fourth-order valence-electron chi connectivity index (χ4n) is 1.66. The number of rotatable bonds is 7. The summed E-state index contributed by atoms with van der Waals surface area (Å²) in [7, 11) is 3.26. The monoisotopic (exact) mass is 246 g/mol. The molecule has 0 bridgehead atoms. The number of carbonyl (C=O) groups is 1. The number of morpholine rings is 1. The van der Waals surface area contributed by atoms with E-state index in [1.165, 1.54) is 0 Å². The Morgan fingerprint density at radius 3 is 2.71 bits per heavy atom. The molecule has 0 aromatic heterocycles. The Balaban J connectivity index is 2.14. The predicted molar refractivity (Wildman–Crippen MR) is 62.9 cm³/mol. The maximum Gasteiger partial charge on any atom is 0.236 e. The molecule has 1 aliphatic rings. The zero-order chi connectivity index (χ0) is 12.5. The number of hydrogen-bond acceptors (Lipinski definition) is 5. The minimum atomic E-state index is -0.0162. The van der Waals surface area contributed by atoms with Gasteiger partial charge >= 0.3 is 0 Å². The van der Waals surface area contributed by atoms with Gasteiger partial charge in [-0.25, -0.2) is 0 Å². The average Bonchev–Trinajstić information content (AvgIpc) is 2.38. The van der Waals surface area contributed by atoms with Gasteiger partial charge in [-0.1, -0.05) is 0 Å². The van der Waals surface area contributed by atoms with E-state index in [0.717, 1.165) is 0 Å². The van der Waals surface area contributed by atoms with E-state index in [1.807, 2.05) is 4.90 Å². The highest BCUT2D eigenvalue weighted by Gasteiger charge is 2.16. The van der Waals surface area contributed by atoms with E-state index in [2.05, 4.69) is 5.32 Å². The zero-order valence-electron chi connectivity index (χ0n) is 10.6. The zero-order valence-corrected chi connectivity index (χ0v) is 10.6. The van der Waals surface area contributed by atoms with Crippen LogP contribution in [0, 0.1) is 0 Å². The molecule has 1 atom stereocenters. The van der Waals surface area contributed by atoms with E-state index in [-0.39, 0.29) is 12.0 Å². The normalized spacial score (nSPS) is 18.1. The third kappa shape index (κ3) is 5.45. The van der Waals surface area contributed by atoms with Crippen LogP contribution in [-0.4, -0.2) is 77.1 Å². The molecule has 1 N–H and O–H groups in total. The first kappa shape index (κ1) is 14.4. The van der Waals surface area contributed by atoms with Gasteiger partial charge in [0.2, 0.25) is 5.91 Å². The van der Waals surface area contributed by atoms with E-state index in [9.17, 15) is 4.79 Å². The van der Waals surface area contributed by atoms with Crippen molar-refractivity contribution in [2.24, 2.45) is 0 Å². The maximum absolute atomic E-state index is 11.8. The molecular formula is C11H22N2O4. The lowest BCUT2D eigenvalue weighted by Crippen LogP contribution is -2.46. The van der Waals surface area contributed by atoms with Crippen molar-refractivity contribution in [3.8, 4) is 0 Å². The molecule has 0 aromatic rings. The molecule has 100 valence electrons. The lowest BCUT2D eigenvalue weighted by atomic mass is 10.3.